The van der Waals surface area contributed by atoms with E-state index >= 15 is 0 Å². The van der Waals surface area contributed by atoms with Crippen LogP contribution in [0.25, 0.3) is 0 Å². The molecular weight excluding hydrogens is 206 g/mol. The minimum Gasteiger partial charge on any atom is -0.488 e. The molecule has 4 atom stereocenters. The molecule has 4 nitrogen and oxygen atoms in total. The highest BCUT2D eigenvalue weighted by Crippen LogP contribution is 2.23. The maximum Gasteiger partial charge on any atom is 0.127 e. The summed E-state index contributed by atoms with van der Waals surface area (Å²) < 4.78 is 5.62. The SMILES string of the molecule is N[C@@H]1CC[C@@H](Oc2ccccc2)[C@H](O)[C@H]1O. The van der Waals surface area contributed by atoms with E-state index in [4.69, 9.17) is 10.5 Å². The summed E-state index contributed by atoms with van der Waals surface area (Å²) in [4.78, 5) is 0. The van der Waals surface area contributed by atoms with Gasteiger partial charge in [0, 0.05) is 6.04 Å². The Labute approximate surface area is 94.7 Å². The number of hydrogen-bond donors (Lipinski definition) is 3. The lowest BCUT2D eigenvalue weighted by molar-refractivity contribution is -0.0830. The van der Waals surface area contributed by atoms with Gasteiger partial charge in [-0.2, -0.15) is 0 Å². The molecule has 16 heavy (non-hydrogen) atoms. The van der Waals surface area contributed by atoms with Crippen molar-refractivity contribution in [3.63, 3.8) is 0 Å². The van der Waals surface area contributed by atoms with Gasteiger partial charge in [-0.3, -0.25) is 0 Å². The van der Waals surface area contributed by atoms with Gasteiger partial charge < -0.3 is 20.7 Å². The number of aliphatic hydroxyl groups excluding tert-OH is 2. The van der Waals surface area contributed by atoms with E-state index in [0.717, 1.165) is 0 Å². The first-order valence-electron chi connectivity index (χ1n) is 5.52. The summed E-state index contributed by atoms with van der Waals surface area (Å²) in [6, 6.07) is 8.93. The third kappa shape index (κ3) is 2.35. The summed E-state index contributed by atoms with van der Waals surface area (Å²) in [6.07, 6.45) is -0.868. The Bertz CT molecular complexity index is 330. The van der Waals surface area contributed by atoms with Crippen LogP contribution in [0.2, 0.25) is 0 Å². The molecule has 4 N–H and O–H groups in total. The monoisotopic (exact) mass is 223 g/mol. The smallest absolute Gasteiger partial charge is 0.127 e. The molecule has 4 heteroatoms. The fourth-order valence-electron chi connectivity index (χ4n) is 1.97. The third-order valence-electron chi connectivity index (χ3n) is 2.98. The first kappa shape index (κ1) is 11.4. The van der Waals surface area contributed by atoms with E-state index in [1.165, 1.54) is 0 Å². The van der Waals surface area contributed by atoms with Gasteiger partial charge in [0.1, 0.15) is 18.0 Å². The van der Waals surface area contributed by atoms with Crippen LogP contribution in [0.4, 0.5) is 0 Å². The quantitative estimate of drug-likeness (QED) is 0.673. The summed E-state index contributed by atoms with van der Waals surface area (Å²) >= 11 is 0. The summed E-state index contributed by atoms with van der Waals surface area (Å²) in [7, 11) is 0. The lowest BCUT2D eigenvalue weighted by Gasteiger charge is -2.35. The average molecular weight is 223 g/mol. The van der Waals surface area contributed by atoms with Crippen molar-refractivity contribution in [1.82, 2.24) is 0 Å². The first-order valence-corrected chi connectivity index (χ1v) is 5.52. The van der Waals surface area contributed by atoms with E-state index in [2.05, 4.69) is 0 Å². The molecule has 2 rings (SSSR count). The second-order valence-electron chi connectivity index (χ2n) is 4.19. The molecule has 0 amide bonds. The molecule has 0 heterocycles. The maximum absolute atomic E-state index is 9.81. The highest BCUT2D eigenvalue weighted by Gasteiger charge is 2.36. The Hall–Kier alpha value is -1.10. The zero-order valence-electron chi connectivity index (χ0n) is 8.99. The first-order chi connectivity index (χ1) is 7.68. The molecule has 0 spiro atoms. The Morgan fingerprint density at radius 2 is 1.75 bits per heavy atom. The van der Waals surface area contributed by atoms with Crippen LogP contribution in [0.1, 0.15) is 12.8 Å². The van der Waals surface area contributed by atoms with Crippen LogP contribution in [-0.4, -0.2) is 34.6 Å². The summed E-state index contributed by atoms with van der Waals surface area (Å²) in [6.45, 7) is 0. The van der Waals surface area contributed by atoms with Crippen LogP contribution in [-0.2, 0) is 0 Å². The van der Waals surface area contributed by atoms with Crippen molar-refractivity contribution in [3.8, 4) is 5.75 Å². The van der Waals surface area contributed by atoms with Gasteiger partial charge in [0.2, 0.25) is 0 Å². The molecule has 0 aromatic heterocycles. The van der Waals surface area contributed by atoms with Crippen molar-refractivity contribution in [1.29, 1.82) is 0 Å². The lowest BCUT2D eigenvalue weighted by atomic mass is 9.88. The molecule has 0 bridgehead atoms. The standard InChI is InChI=1S/C12H17NO3/c13-9-6-7-10(12(15)11(9)14)16-8-4-2-1-3-5-8/h1-5,9-12,14-15H,6-7,13H2/t9-,10-,11+,12+/m1/s1. The molecule has 0 aliphatic heterocycles. The van der Waals surface area contributed by atoms with Gasteiger partial charge in [-0.15, -0.1) is 0 Å². The number of benzene rings is 1. The van der Waals surface area contributed by atoms with E-state index in [1.54, 1.807) is 0 Å². The molecule has 1 aromatic carbocycles. The number of rotatable bonds is 2. The minimum absolute atomic E-state index is 0.356. The summed E-state index contributed by atoms with van der Waals surface area (Å²) in [5, 5.41) is 19.5. The van der Waals surface area contributed by atoms with Crippen LogP contribution in [0.3, 0.4) is 0 Å². The van der Waals surface area contributed by atoms with E-state index in [1.807, 2.05) is 30.3 Å². The maximum atomic E-state index is 9.81. The van der Waals surface area contributed by atoms with Crippen LogP contribution in [0.15, 0.2) is 30.3 Å². The van der Waals surface area contributed by atoms with Crippen LogP contribution < -0.4 is 10.5 Å². The molecule has 1 fully saturated rings. The van der Waals surface area contributed by atoms with Crippen molar-refractivity contribution < 1.29 is 14.9 Å². The zero-order valence-corrected chi connectivity index (χ0v) is 8.99. The van der Waals surface area contributed by atoms with E-state index in [0.29, 0.717) is 18.6 Å². The molecule has 1 aliphatic rings. The predicted octanol–water partition coefficient (Wildman–Crippen LogP) is 0.277. The Morgan fingerprint density at radius 1 is 1.06 bits per heavy atom. The van der Waals surface area contributed by atoms with Gasteiger partial charge in [-0.25, -0.2) is 0 Å². The second-order valence-corrected chi connectivity index (χ2v) is 4.19. The van der Waals surface area contributed by atoms with Crippen molar-refractivity contribution in [2.45, 2.75) is 37.2 Å². The van der Waals surface area contributed by atoms with Gasteiger partial charge in [-0.05, 0) is 25.0 Å². The normalized spacial score (nSPS) is 34.7. The highest BCUT2D eigenvalue weighted by atomic mass is 16.5. The highest BCUT2D eigenvalue weighted by molar-refractivity contribution is 5.21. The van der Waals surface area contributed by atoms with Crippen LogP contribution in [0, 0.1) is 0 Å². The Kier molecular flexibility index (Phi) is 3.43. The van der Waals surface area contributed by atoms with Gasteiger partial charge in [0.05, 0.1) is 6.10 Å². The van der Waals surface area contributed by atoms with Gasteiger partial charge in [-0.1, -0.05) is 18.2 Å². The third-order valence-corrected chi connectivity index (χ3v) is 2.98. The molecular formula is C12H17NO3. The molecule has 1 saturated carbocycles. The van der Waals surface area contributed by atoms with Gasteiger partial charge in [0.15, 0.2) is 0 Å². The number of aliphatic hydroxyl groups is 2. The number of nitrogens with two attached hydrogens (primary N) is 1. The fraction of sp³-hybridized carbons (Fsp3) is 0.500. The van der Waals surface area contributed by atoms with Gasteiger partial charge in [0.25, 0.3) is 0 Å². The lowest BCUT2D eigenvalue weighted by Crippen LogP contribution is -2.54. The topological polar surface area (TPSA) is 75.7 Å². The Morgan fingerprint density at radius 3 is 2.44 bits per heavy atom. The molecule has 0 radical (unpaired) electrons. The van der Waals surface area contributed by atoms with Crippen molar-refractivity contribution in [3.05, 3.63) is 30.3 Å². The van der Waals surface area contributed by atoms with Crippen LogP contribution in [0.5, 0.6) is 5.75 Å². The van der Waals surface area contributed by atoms with Crippen LogP contribution >= 0.6 is 0 Å². The Balaban J connectivity index is 2.00. The average Bonchev–Trinajstić information content (AvgIpc) is 2.31. The summed E-state index contributed by atoms with van der Waals surface area (Å²) in [5.41, 5.74) is 5.66. The molecule has 0 saturated heterocycles. The molecule has 0 unspecified atom stereocenters. The fourth-order valence-corrected chi connectivity index (χ4v) is 1.97. The second kappa shape index (κ2) is 4.82. The molecule has 1 aliphatic carbocycles. The minimum atomic E-state index is -0.913. The van der Waals surface area contributed by atoms with E-state index in [9.17, 15) is 10.2 Å². The molecule has 1 aromatic rings. The van der Waals surface area contributed by atoms with Crippen molar-refractivity contribution >= 4 is 0 Å². The largest absolute Gasteiger partial charge is 0.488 e. The predicted molar refractivity (Wildman–Crippen MR) is 60.1 cm³/mol. The number of hydrogen-bond acceptors (Lipinski definition) is 4. The van der Waals surface area contributed by atoms with Crippen molar-refractivity contribution in [2.24, 2.45) is 5.73 Å². The number of para-hydroxylation sites is 1. The van der Waals surface area contributed by atoms with Crippen molar-refractivity contribution in [2.75, 3.05) is 0 Å². The zero-order chi connectivity index (χ0) is 11.5. The van der Waals surface area contributed by atoms with Gasteiger partial charge >= 0.3 is 0 Å². The molecule has 88 valence electrons. The van der Waals surface area contributed by atoms with E-state index in [-0.39, 0.29) is 12.1 Å². The summed E-state index contributed by atoms with van der Waals surface area (Å²) in [5.74, 6) is 0.703. The van der Waals surface area contributed by atoms with E-state index < -0.39 is 12.2 Å². The number of ether oxygens (including phenoxy) is 1.